The van der Waals surface area contributed by atoms with E-state index in [9.17, 15) is 0 Å². The smallest absolute Gasteiger partial charge is 0.193 e. The van der Waals surface area contributed by atoms with Crippen molar-refractivity contribution in [3.63, 3.8) is 0 Å². The maximum absolute atomic E-state index is 15.4. The summed E-state index contributed by atoms with van der Waals surface area (Å²) in [7, 11) is 1.66. The normalized spacial score (nSPS) is 12.6. The monoisotopic (exact) mass is 417 g/mol. The molecule has 0 aliphatic heterocycles. The van der Waals surface area contributed by atoms with Gasteiger partial charge in [0.1, 0.15) is 0 Å². The SMILES string of the molecule is COCCn1cc(-c2cnc3ccc(C(F)c4nnc5ccc(C)nn45)cc3c2)cn1. The van der Waals surface area contributed by atoms with Crippen LogP contribution in [-0.4, -0.2) is 48.3 Å². The second-order valence-electron chi connectivity index (χ2n) is 7.33. The van der Waals surface area contributed by atoms with Crippen LogP contribution in [-0.2, 0) is 11.3 Å². The van der Waals surface area contributed by atoms with Gasteiger partial charge in [0.25, 0.3) is 0 Å². The molecule has 0 aliphatic rings. The first-order valence-corrected chi connectivity index (χ1v) is 9.87. The Morgan fingerprint density at radius 3 is 2.84 bits per heavy atom. The first-order chi connectivity index (χ1) is 15.1. The lowest BCUT2D eigenvalue weighted by Gasteiger charge is -2.09. The lowest BCUT2D eigenvalue weighted by atomic mass is 10.0. The summed E-state index contributed by atoms with van der Waals surface area (Å²) in [5.41, 5.74) is 4.38. The van der Waals surface area contributed by atoms with E-state index in [0.717, 1.165) is 27.7 Å². The summed E-state index contributed by atoms with van der Waals surface area (Å²) >= 11 is 0. The van der Waals surface area contributed by atoms with Crippen molar-refractivity contribution in [1.82, 2.24) is 34.6 Å². The Morgan fingerprint density at radius 1 is 1.06 bits per heavy atom. The zero-order valence-electron chi connectivity index (χ0n) is 17.1. The Kier molecular flexibility index (Phi) is 4.87. The molecule has 0 saturated heterocycles. The number of benzene rings is 1. The standard InChI is InChI=1S/C22H20FN7O/c1-14-3-6-20-26-27-22(30(20)28-14)21(23)15-4-5-19-16(9-15)10-17(11-24-19)18-12-25-29(13-18)7-8-31-2/h3-6,9-13,21H,7-8H2,1-2H3. The molecular weight excluding hydrogens is 397 g/mol. The summed E-state index contributed by atoms with van der Waals surface area (Å²) in [6, 6.07) is 10.9. The molecule has 0 spiro atoms. The molecule has 0 saturated carbocycles. The highest BCUT2D eigenvalue weighted by Gasteiger charge is 2.21. The fourth-order valence-electron chi connectivity index (χ4n) is 3.49. The lowest BCUT2D eigenvalue weighted by molar-refractivity contribution is 0.183. The Balaban J connectivity index is 1.50. The number of alkyl halides is 1. The molecule has 5 aromatic rings. The highest BCUT2D eigenvalue weighted by Crippen LogP contribution is 2.29. The molecule has 4 heterocycles. The lowest BCUT2D eigenvalue weighted by Crippen LogP contribution is -2.04. The van der Waals surface area contributed by atoms with Gasteiger partial charge in [-0.2, -0.15) is 14.7 Å². The van der Waals surface area contributed by atoms with Crippen LogP contribution in [0.2, 0.25) is 0 Å². The molecule has 1 aromatic carbocycles. The third-order valence-corrected chi connectivity index (χ3v) is 5.14. The zero-order valence-corrected chi connectivity index (χ0v) is 17.1. The van der Waals surface area contributed by atoms with Gasteiger partial charge in [-0.25, -0.2) is 4.39 Å². The Labute approximate surface area is 177 Å². The van der Waals surface area contributed by atoms with Crippen LogP contribution in [0.3, 0.4) is 0 Å². The van der Waals surface area contributed by atoms with Gasteiger partial charge >= 0.3 is 0 Å². The average molecular weight is 417 g/mol. The van der Waals surface area contributed by atoms with Crippen molar-refractivity contribution in [2.24, 2.45) is 0 Å². The number of fused-ring (bicyclic) bond motifs is 2. The number of nitrogens with zero attached hydrogens (tertiary/aromatic N) is 7. The van der Waals surface area contributed by atoms with Gasteiger partial charge < -0.3 is 4.74 Å². The Bertz CT molecular complexity index is 1380. The number of hydrogen-bond acceptors (Lipinski definition) is 6. The van der Waals surface area contributed by atoms with Crippen LogP contribution < -0.4 is 0 Å². The first-order valence-electron chi connectivity index (χ1n) is 9.87. The van der Waals surface area contributed by atoms with E-state index in [1.807, 2.05) is 36.0 Å². The van der Waals surface area contributed by atoms with Crippen molar-refractivity contribution in [3.05, 3.63) is 72.1 Å². The zero-order chi connectivity index (χ0) is 21.4. The fraction of sp³-hybridized carbons (Fsp3) is 0.227. The average Bonchev–Trinajstić information content (AvgIpc) is 3.43. The van der Waals surface area contributed by atoms with E-state index in [2.05, 4.69) is 25.4 Å². The van der Waals surface area contributed by atoms with Crippen molar-refractivity contribution in [3.8, 4) is 11.1 Å². The molecule has 0 bridgehead atoms. The van der Waals surface area contributed by atoms with Crippen LogP contribution >= 0.6 is 0 Å². The molecule has 0 N–H and O–H groups in total. The first kappa shape index (κ1) is 19.3. The fourth-order valence-corrected chi connectivity index (χ4v) is 3.49. The molecular formula is C22H20FN7O. The number of aryl methyl sites for hydroxylation is 1. The number of halogens is 1. The molecule has 31 heavy (non-hydrogen) atoms. The van der Waals surface area contributed by atoms with Gasteiger partial charge in [-0.3, -0.25) is 9.67 Å². The van der Waals surface area contributed by atoms with Crippen LogP contribution in [0.1, 0.15) is 23.3 Å². The van der Waals surface area contributed by atoms with E-state index in [1.165, 1.54) is 4.52 Å². The molecule has 5 rings (SSSR count). The number of hydrogen-bond donors (Lipinski definition) is 0. The third-order valence-electron chi connectivity index (χ3n) is 5.14. The number of methoxy groups -OCH3 is 1. The van der Waals surface area contributed by atoms with Crippen LogP contribution in [0.15, 0.2) is 55.0 Å². The van der Waals surface area contributed by atoms with Crippen LogP contribution in [0.5, 0.6) is 0 Å². The second kappa shape index (κ2) is 7.84. The second-order valence-corrected chi connectivity index (χ2v) is 7.33. The van der Waals surface area contributed by atoms with E-state index in [1.54, 1.807) is 37.7 Å². The van der Waals surface area contributed by atoms with Gasteiger partial charge in [0.05, 0.1) is 30.6 Å². The van der Waals surface area contributed by atoms with Crippen molar-refractivity contribution in [2.45, 2.75) is 19.6 Å². The number of aromatic nitrogens is 7. The summed E-state index contributed by atoms with van der Waals surface area (Å²) in [6.07, 6.45) is 4.07. The number of pyridine rings is 1. The van der Waals surface area contributed by atoms with Crippen LogP contribution in [0, 0.1) is 6.92 Å². The topological polar surface area (TPSA) is 83.0 Å². The Morgan fingerprint density at radius 2 is 1.97 bits per heavy atom. The largest absolute Gasteiger partial charge is 0.383 e. The molecule has 156 valence electrons. The number of rotatable bonds is 6. The van der Waals surface area contributed by atoms with Crippen LogP contribution in [0.4, 0.5) is 4.39 Å². The van der Waals surface area contributed by atoms with E-state index in [4.69, 9.17) is 4.74 Å². The molecule has 8 nitrogen and oxygen atoms in total. The number of ether oxygens (including phenoxy) is 1. The Hall–Kier alpha value is -3.72. The minimum Gasteiger partial charge on any atom is -0.383 e. The molecule has 0 fully saturated rings. The maximum atomic E-state index is 15.4. The van der Waals surface area contributed by atoms with Gasteiger partial charge in [0.15, 0.2) is 17.6 Å². The molecule has 1 unspecified atom stereocenters. The van der Waals surface area contributed by atoms with Gasteiger partial charge in [-0.05, 0) is 42.8 Å². The van der Waals surface area contributed by atoms with E-state index >= 15 is 4.39 Å². The van der Waals surface area contributed by atoms with Gasteiger partial charge in [-0.15, -0.1) is 10.2 Å². The quantitative estimate of drug-likeness (QED) is 0.420. The van der Waals surface area contributed by atoms with E-state index in [0.29, 0.717) is 24.4 Å². The van der Waals surface area contributed by atoms with Gasteiger partial charge in [0.2, 0.25) is 0 Å². The molecule has 1 atom stereocenters. The van der Waals surface area contributed by atoms with E-state index in [-0.39, 0.29) is 5.82 Å². The van der Waals surface area contributed by atoms with Gasteiger partial charge in [0, 0.05) is 36.0 Å². The predicted octanol–water partition coefficient (Wildman–Crippen LogP) is 3.55. The molecule has 0 amide bonds. The van der Waals surface area contributed by atoms with Crippen molar-refractivity contribution < 1.29 is 9.13 Å². The highest BCUT2D eigenvalue weighted by atomic mass is 19.1. The molecule has 4 aromatic heterocycles. The summed E-state index contributed by atoms with van der Waals surface area (Å²) in [5.74, 6) is 0.154. The minimum atomic E-state index is -1.46. The summed E-state index contributed by atoms with van der Waals surface area (Å²) in [5, 5.41) is 17.6. The van der Waals surface area contributed by atoms with E-state index < -0.39 is 6.17 Å². The van der Waals surface area contributed by atoms with Crippen molar-refractivity contribution in [2.75, 3.05) is 13.7 Å². The highest BCUT2D eigenvalue weighted by molar-refractivity contribution is 5.84. The predicted molar refractivity (Wildman–Crippen MR) is 113 cm³/mol. The maximum Gasteiger partial charge on any atom is 0.193 e. The molecule has 0 radical (unpaired) electrons. The summed E-state index contributed by atoms with van der Waals surface area (Å²) in [6.45, 7) is 3.10. The van der Waals surface area contributed by atoms with Crippen LogP contribution in [0.25, 0.3) is 27.7 Å². The molecule has 0 aliphatic carbocycles. The third kappa shape index (κ3) is 3.64. The van der Waals surface area contributed by atoms with Gasteiger partial charge in [-0.1, -0.05) is 6.07 Å². The minimum absolute atomic E-state index is 0.154. The van der Waals surface area contributed by atoms with Crippen molar-refractivity contribution >= 4 is 16.6 Å². The summed E-state index contributed by atoms with van der Waals surface area (Å²) < 4.78 is 23.8. The summed E-state index contributed by atoms with van der Waals surface area (Å²) in [4.78, 5) is 4.52. The van der Waals surface area contributed by atoms with Crippen molar-refractivity contribution in [1.29, 1.82) is 0 Å². The molecule has 9 heteroatoms.